The molecule has 0 unspecified atom stereocenters. The van der Waals surface area contributed by atoms with Crippen LogP contribution in [0.2, 0.25) is 0 Å². The Morgan fingerprint density at radius 3 is 2.48 bits per heavy atom. The van der Waals surface area contributed by atoms with E-state index >= 15 is 0 Å². The van der Waals surface area contributed by atoms with E-state index in [1.54, 1.807) is 19.2 Å². The number of methoxy groups -OCH3 is 1. The number of nitrogens with zero attached hydrogens (tertiary/aromatic N) is 1. The highest BCUT2D eigenvalue weighted by Gasteiger charge is 2.32. The highest BCUT2D eigenvalue weighted by molar-refractivity contribution is 6.10. The minimum absolute atomic E-state index is 0.0637. The highest BCUT2D eigenvalue weighted by atomic mass is 16.5. The second-order valence-electron chi connectivity index (χ2n) is 5.91. The predicted molar refractivity (Wildman–Crippen MR) is 96.1 cm³/mol. The normalized spacial score (nSPS) is 14.2. The molecule has 2 amide bonds. The lowest BCUT2D eigenvalue weighted by atomic mass is 10.1. The Balaban J connectivity index is 1.69. The summed E-state index contributed by atoms with van der Waals surface area (Å²) >= 11 is 0. The van der Waals surface area contributed by atoms with Crippen LogP contribution in [0.15, 0.2) is 55.1 Å². The van der Waals surface area contributed by atoms with Crippen LogP contribution in [0.3, 0.4) is 0 Å². The molecule has 1 atom stereocenters. The van der Waals surface area contributed by atoms with Gasteiger partial charge in [0.05, 0.1) is 13.2 Å². The van der Waals surface area contributed by atoms with Crippen molar-refractivity contribution in [2.24, 2.45) is 0 Å². The van der Waals surface area contributed by atoms with Crippen LogP contribution in [0.25, 0.3) is 5.70 Å². The molecule has 0 fully saturated rings. The van der Waals surface area contributed by atoms with Gasteiger partial charge in [0.25, 0.3) is 5.91 Å². The van der Waals surface area contributed by atoms with E-state index in [1.807, 2.05) is 43.3 Å². The first-order valence-corrected chi connectivity index (χ1v) is 8.05. The van der Waals surface area contributed by atoms with Gasteiger partial charge in [0.2, 0.25) is 5.91 Å². The van der Waals surface area contributed by atoms with E-state index in [0.717, 1.165) is 11.1 Å². The van der Waals surface area contributed by atoms with Gasteiger partial charge >= 0.3 is 0 Å². The van der Waals surface area contributed by atoms with Gasteiger partial charge in [0.1, 0.15) is 12.3 Å². The molecule has 2 aromatic rings. The number of benzene rings is 2. The number of rotatable bonds is 5. The fraction of sp³-hybridized carbons (Fsp3) is 0.200. The van der Waals surface area contributed by atoms with E-state index in [1.165, 1.54) is 4.90 Å². The first-order valence-electron chi connectivity index (χ1n) is 8.05. The summed E-state index contributed by atoms with van der Waals surface area (Å²) in [7, 11) is 1.59. The lowest BCUT2D eigenvalue weighted by Gasteiger charge is -2.21. The van der Waals surface area contributed by atoms with Crippen molar-refractivity contribution in [3.63, 3.8) is 0 Å². The van der Waals surface area contributed by atoms with Gasteiger partial charge in [-0.15, -0.1) is 0 Å². The van der Waals surface area contributed by atoms with Crippen LogP contribution >= 0.6 is 0 Å². The molecule has 1 aliphatic heterocycles. The number of ether oxygens (including phenoxy) is 1. The maximum atomic E-state index is 12.5. The van der Waals surface area contributed by atoms with Crippen LogP contribution in [0.4, 0.5) is 0 Å². The van der Waals surface area contributed by atoms with Gasteiger partial charge < -0.3 is 10.1 Å². The zero-order chi connectivity index (χ0) is 18.0. The number of carbonyl (C=O) groups is 2. The van der Waals surface area contributed by atoms with Crippen LogP contribution in [-0.2, 0) is 4.79 Å². The average Bonchev–Trinajstić information content (AvgIpc) is 2.87. The number of para-hydroxylation sites is 1. The largest absolute Gasteiger partial charge is 0.496 e. The Bertz CT molecular complexity index is 809. The Morgan fingerprint density at radius 2 is 1.80 bits per heavy atom. The molecular formula is C20H20N2O3. The summed E-state index contributed by atoms with van der Waals surface area (Å²) in [6, 6.07) is 14.5. The molecule has 25 heavy (non-hydrogen) atoms. The fourth-order valence-electron chi connectivity index (χ4n) is 3.03. The molecular weight excluding hydrogens is 316 g/mol. The number of hydrogen-bond donors (Lipinski definition) is 1. The Kier molecular flexibility index (Phi) is 4.57. The number of carbonyl (C=O) groups excluding carboxylic acids is 2. The van der Waals surface area contributed by atoms with Crippen molar-refractivity contribution in [1.29, 1.82) is 0 Å². The van der Waals surface area contributed by atoms with Gasteiger partial charge in [-0.05, 0) is 19.1 Å². The zero-order valence-electron chi connectivity index (χ0n) is 14.3. The summed E-state index contributed by atoms with van der Waals surface area (Å²) in [6.07, 6.45) is 0. The lowest BCUT2D eigenvalue weighted by Crippen LogP contribution is -2.38. The molecule has 1 N–H and O–H groups in total. The molecule has 2 aromatic carbocycles. The minimum atomic E-state index is -0.249. The summed E-state index contributed by atoms with van der Waals surface area (Å²) in [5.74, 6) is 0.269. The molecule has 5 nitrogen and oxygen atoms in total. The molecule has 1 heterocycles. The molecule has 5 heteroatoms. The fourth-order valence-corrected chi connectivity index (χ4v) is 3.03. The summed E-state index contributed by atoms with van der Waals surface area (Å²) in [5.41, 5.74) is 2.80. The zero-order valence-corrected chi connectivity index (χ0v) is 14.3. The van der Waals surface area contributed by atoms with E-state index in [4.69, 9.17) is 4.74 Å². The van der Waals surface area contributed by atoms with Crippen molar-refractivity contribution in [3.05, 3.63) is 71.8 Å². The summed E-state index contributed by atoms with van der Waals surface area (Å²) < 4.78 is 5.33. The minimum Gasteiger partial charge on any atom is -0.496 e. The van der Waals surface area contributed by atoms with E-state index in [-0.39, 0.29) is 24.4 Å². The first kappa shape index (κ1) is 16.8. The van der Waals surface area contributed by atoms with Crippen LogP contribution in [0.5, 0.6) is 5.75 Å². The van der Waals surface area contributed by atoms with Gasteiger partial charge in [-0.1, -0.05) is 43.0 Å². The molecule has 0 radical (unpaired) electrons. The second-order valence-corrected chi connectivity index (χ2v) is 5.91. The summed E-state index contributed by atoms with van der Waals surface area (Å²) in [6.45, 7) is 5.77. The highest BCUT2D eigenvalue weighted by Crippen LogP contribution is 2.31. The monoisotopic (exact) mass is 336 g/mol. The van der Waals surface area contributed by atoms with E-state index < -0.39 is 0 Å². The molecule has 0 aliphatic carbocycles. The van der Waals surface area contributed by atoms with Crippen molar-refractivity contribution in [1.82, 2.24) is 10.2 Å². The molecule has 0 bridgehead atoms. The predicted octanol–water partition coefficient (Wildman–Crippen LogP) is 3.00. The molecule has 128 valence electrons. The molecule has 0 aromatic heterocycles. The Hall–Kier alpha value is -3.08. The maximum Gasteiger partial charge on any atom is 0.259 e. The third-order valence-electron chi connectivity index (χ3n) is 4.32. The SMILES string of the molecule is C=C1c2ccccc2C(=O)N1CC(=O)N[C@@H](C)c1ccccc1OC. The van der Waals surface area contributed by atoms with Crippen LogP contribution in [0, 0.1) is 0 Å². The van der Waals surface area contributed by atoms with Crippen LogP contribution < -0.4 is 10.1 Å². The van der Waals surface area contributed by atoms with Gasteiger partial charge in [0, 0.05) is 22.4 Å². The quantitative estimate of drug-likeness (QED) is 0.913. The topological polar surface area (TPSA) is 58.6 Å². The van der Waals surface area contributed by atoms with Crippen molar-refractivity contribution < 1.29 is 14.3 Å². The van der Waals surface area contributed by atoms with Gasteiger partial charge in [-0.2, -0.15) is 0 Å². The van der Waals surface area contributed by atoms with Gasteiger partial charge in [-0.3, -0.25) is 14.5 Å². The molecule has 0 saturated heterocycles. The van der Waals surface area contributed by atoms with E-state index in [9.17, 15) is 9.59 Å². The third-order valence-corrected chi connectivity index (χ3v) is 4.32. The average molecular weight is 336 g/mol. The molecule has 0 saturated carbocycles. The molecule has 1 aliphatic rings. The van der Waals surface area contributed by atoms with Crippen LogP contribution in [-0.4, -0.2) is 30.4 Å². The number of hydrogen-bond acceptors (Lipinski definition) is 3. The van der Waals surface area contributed by atoms with Crippen molar-refractivity contribution in [2.45, 2.75) is 13.0 Å². The van der Waals surface area contributed by atoms with Crippen molar-refractivity contribution in [2.75, 3.05) is 13.7 Å². The van der Waals surface area contributed by atoms with Crippen molar-refractivity contribution in [3.8, 4) is 5.75 Å². The third kappa shape index (κ3) is 3.13. The second kappa shape index (κ2) is 6.81. The first-order chi connectivity index (χ1) is 12.0. The number of fused-ring (bicyclic) bond motifs is 1. The standard InChI is InChI=1S/C20H20N2O3/c1-13(15-8-6-7-11-18(15)25-3)21-19(23)12-22-14(2)16-9-4-5-10-17(16)20(22)24/h4-11,13H,2,12H2,1,3H3,(H,21,23)/t13-/m0/s1. The number of amides is 2. The van der Waals surface area contributed by atoms with Crippen LogP contribution in [0.1, 0.15) is 34.5 Å². The Morgan fingerprint density at radius 1 is 1.16 bits per heavy atom. The lowest BCUT2D eigenvalue weighted by molar-refractivity contribution is -0.121. The summed E-state index contributed by atoms with van der Waals surface area (Å²) in [5, 5.41) is 2.91. The van der Waals surface area contributed by atoms with E-state index in [0.29, 0.717) is 17.0 Å². The van der Waals surface area contributed by atoms with E-state index in [2.05, 4.69) is 11.9 Å². The Labute approximate surface area is 146 Å². The maximum absolute atomic E-state index is 12.5. The van der Waals surface area contributed by atoms with Gasteiger partial charge in [0.15, 0.2) is 0 Å². The molecule has 0 spiro atoms. The molecule has 3 rings (SSSR count). The smallest absolute Gasteiger partial charge is 0.259 e. The number of nitrogens with one attached hydrogen (secondary N) is 1. The summed E-state index contributed by atoms with van der Waals surface area (Å²) in [4.78, 5) is 26.3. The van der Waals surface area contributed by atoms with Gasteiger partial charge in [-0.25, -0.2) is 0 Å². The van der Waals surface area contributed by atoms with Crippen molar-refractivity contribution >= 4 is 17.5 Å².